The van der Waals surface area contributed by atoms with Gasteiger partial charge in [-0.3, -0.25) is 5.32 Å². The molecular weight excluding hydrogens is 206 g/mol. The smallest absolute Gasteiger partial charge is 0.0689 e. The summed E-state index contributed by atoms with van der Waals surface area (Å²) in [7, 11) is 0. The predicted molar refractivity (Wildman–Crippen MR) is 65.8 cm³/mol. The van der Waals surface area contributed by atoms with Crippen molar-refractivity contribution in [2.45, 2.75) is 32.4 Å². The molecule has 0 saturated carbocycles. The van der Waals surface area contributed by atoms with E-state index < -0.39 is 0 Å². The van der Waals surface area contributed by atoms with E-state index in [4.69, 9.17) is 18.0 Å². The second kappa shape index (κ2) is 6.50. The maximum Gasteiger partial charge on any atom is 0.0689 e. The van der Waals surface area contributed by atoms with Gasteiger partial charge in [-0.2, -0.15) is 0 Å². The minimum atomic E-state index is 0.172. The highest BCUT2D eigenvalue weighted by Gasteiger charge is 2.02. The zero-order valence-electron chi connectivity index (χ0n) is 8.96. The van der Waals surface area contributed by atoms with E-state index in [1.807, 2.05) is 24.3 Å². The van der Waals surface area contributed by atoms with E-state index in [-0.39, 0.29) is 6.04 Å². The molecule has 1 N–H and O–H groups in total. The molecule has 0 aliphatic heterocycles. The second-order valence-corrected chi connectivity index (χ2v) is 3.95. The van der Waals surface area contributed by atoms with Crippen LogP contribution >= 0.6 is 11.6 Å². The Hall–Kier alpha value is -0.970. The quantitative estimate of drug-likeness (QED) is 0.753. The SMILES string of the molecule is C#CC(CCC)NCc1ccc(Cl)cc1. The Morgan fingerprint density at radius 3 is 2.60 bits per heavy atom. The van der Waals surface area contributed by atoms with Crippen molar-refractivity contribution in [2.24, 2.45) is 0 Å². The molecule has 0 aliphatic carbocycles. The molecule has 1 atom stereocenters. The molecular formula is C13H16ClN. The summed E-state index contributed by atoms with van der Waals surface area (Å²) in [6.07, 6.45) is 7.53. The summed E-state index contributed by atoms with van der Waals surface area (Å²) in [5, 5.41) is 4.09. The molecule has 1 nitrogen and oxygen atoms in total. The van der Waals surface area contributed by atoms with Crippen LogP contribution in [0.1, 0.15) is 25.3 Å². The van der Waals surface area contributed by atoms with Gasteiger partial charge in [0.15, 0.2) is 0 Å². The van der Waals surface area contributed by atoms with Crippen molar-refractivity contribution in [3.05, 3.63) is 34.9 Å². The Balaban J connectivity index is 2.42. The first-order chi connectivity index (χ1) is 7.26. The van der Waals surface area contributed by atoms with E-state index >= 15 is 0 Å². The molecule has 0 amide bonds. The second-order valence-electron chi connectivity index (χ2n) is 3.52. The van der Waals surface area contributed by atoms with Gasteiger partial charge in [-0.1, -0.05) is 43.0 Å². The van der Waals surface area contributed by atoms with Crippen LogP contribution in [0.4, 0.5) is 0 Å². The summed E-state index contributed by atoms with van der Waals surface area (Å²) < 4.78 is 0. The molecule has 0 fully saturated rings. The van der Waals surface area contributed by atoms with Gasteiger partial charge in [0.25, 0.3) is 0 Å². The van der Waals surface area contributed by atoms with E-state index in [1.54, 1.807) is 0 Å². The number of nitrogens with one attached hydrogen (secondary N) is 1. The fraction of sp³-hybridized carbons (Fsp3) is 0.385. The molecule has 1 rings (SSSR count). The number of benzene rings is 1. The van der Waals surface area contributed by atoms with Crippen LogP contribution in [-0.4, -0.2) is 6.04 Å². The molecule has 0 radical (unpaired) electrons. The van der Waals surface area contributed by atoms with Gasteiger partial charge in [0.2, 0.25) is 0 Å². The maximum atomic E-state index is 5.80. The lowest BCUT2D eigenvalue weighted by molar-refractivity contribution is 0.563. The number of halogens is 1. The molecule has 1 aromatic carbocycles. The van der Waals surface area contributed by atoms with Crippen LogP contribution in [0.2, 0.25) is 5.02 Å². The molecule has 0 aliphatic rings. The van der Waals surface area contributed by atoms with Crippen molar-refractivity contribution in [3.63, 3.8) is 0 Å². The van der Waals surface area contributed by atoms with Crippen molar-refractivity contribution in [2.75, 3.05) is 0 Å². The first-order valence-corrected chi connectivity index (χ1v) is 5.58. The van der Waals surface area contributed by atoms with Crippen LogP contribution in [0.5, 0.6) is 0 Å². The van der Waals surface area contributed by atoms with Crippen LogP contribution in [0.15, 0.2) is 24.3 Å². The van der Waals surface area contributed by atoms with Gasteiger partial charge >= 0.3 is 0 Å². The molecule has 15 heavy (non-hydrogen) atoms. The normalized spacial score (nSPS) is 12.1. The predicted octanol–water partition coefficient (Wildman–Crippen LogP) is 3.23. The van der Waals surface area contributed by atoms with Crippen LogP contribution in [0.25, 0.3) is 0 Å². The average molecular weight is 222 g/mol. The van der Waals surface area contributed by atoms with E-state index in [0.29, 0.717) is 0 Å². The van der Waals surface area contributed by atoms with Gasteiger partial charge in [-0.05, 0) is 24.1 Å². The first-order valence-electron chi connectivity index (χ1n) is 5.20. The van der Waals surface area contributed by atoms with Crippen LogP contribution < -0.4 is 5.32 Å². The summed E-state index contributed by atoms with van der Waals surface area (Å²) in [6.45, 7) is 2.93. The van der Waals surface area contributed by atoms with E-state index in [2.05, 4.69) is 18.2 Å². The highest BCUT2D eigenvalue weighted by Crippen LogP contribution is 2.09. The Morgan fingerprint density at radius 1 is 1.40 bits per heavy atom. The van der Waals surface area contributed by atoms with Crippen molar-refractivity contribution >= 4 is 11.6 Å². The van der Waals surface area contributed by atoms with Crippen molar-refractivity contribution in [3.8, 4) is 12.3 Å². The van der Waals surface area contributed by atoms with Gasteiger partial charge < -0.3 is 0 Å². The molecule has 80 valence electrons. The Morgan fingerprint density at radius 2 is 2.07 bits per heavy atom. The lowest BCUT2D eigenvalue weighted by Crippen LogP contribution is -2.26. The third-order valence-corrected chi connectivity index (χ3v) is 2.50. The standard InChI is InChI=1S/C13H16ClN/c1-3-5-13(4-2)15-10-11-6-8-12(14)9-7-11/h2,6-9,13,15H,3,5,10H2,1H3. The highest BCUT2D eigenvalue weighted by atomic mass is 35.5. The molecule has 0 aromatic heterocycles. The highest BCUT2D eigenvalue weighted by molar-refractivity contribution is 6.30. The zero-order valence-corrected chi connectivity index (χ0v) is 9.72. The lowest BCUT2D eigenvalue weighted by atomic mass is 10.1. The van der Waals surface area contributed by atoms with Gasteiger partial charge in [0.1, 0.15) is 0 Å². The van der Waals surface area contributed by atoms with Gasteiger partial charge in [0.05, 0.1) is 6.04 Å². The van der Waals surface area contributed by atoms with E-state index in [0.717, 1.165) is 24.4 Å². The monoisotopic (exact) mass is 221 g/mol. The largest absolute Gasteiger partial charge is 0.300 e. The number of rotatable bonds is 5. The van der Waals surface area contributed by atoms with Gasteiger partial charge in [-0.25, -0.2) is 0 Å². The number of hydrogen-bond acceptors (Lipinski definition) is 1. The summed E-state index contributed by atoms with van der Waals surface area (Å²) in [5.74, 6) is 2.75. The minimum Gasteiger partial charge on any atom is -0.300 e. The summed E-state index contributed by atoms with van der Waals surface area (Å²) in [6, 6.07) is 7.97. The molecule has 1 aromatic rings. The molecule has 0 spiro atoms. The van der Waals surface area contributed by atoms with Gasteiger partial charge in [0, 0.05) is 11.6 Å². The third kappa shape index (κ3) is 4.38. The first kappa shape index (κ1) is 12.1. The molecule has 0 saturated heterocycles. The lowest BCUT2D eigenvalue weighted by Gasteiger charge is -2.11. The zero-order chi connectivity index (χ0) is 11.1. The fourth-order valence-corrected chi connectivity index (χ4v) is 1.50. The van der Waals surface area contributed by atoms with Crippen molar-refractivity contribution < 1.29 is 0 Å². The average Bonchev–Trinajstić information content (AvgIpc) is 2.26. The summed E-state index contributed by atoms with van der Waals surface area (Å²) in [4.78, 5) is 0. The maximum absolute atomic E-state index is 5.80. The molecule has 2 heteroatoms. The van der Waals surface area contributed by atoms with Crippen molar-refractivity contribution in [1.82, 2.24) is 5.32 Å². The number of hydrogen-bond donors (Lipinski definition) is 1. The molecule has 0 bridgehead atoms. The summed E-state index contributed by atoms with van der Waals surface area (Å²) in [5.41, 5.74) is 1.20. The third-order valence-electron chi connectivity index (χ3n) is 2.24. The molecule has 0 heterocycles. The van der Waals surface area contributed by atoms with E-state index in [1.165, 1.54) is 5.56 Å². The van der Waals surface area contributed by atoms with E-state index in [9.17, 15) is 0 Å². The number of terminal acetylenes is 1. The van der Waals surface area contributed by atoms with Crippen LogP contribution in [0, 0.1) is 12.3 Å². The van der Waals surface area contributed by atoms with Crippen LogP contribution in [-0.2, 0) is 6.54 Å². The van der Waals surface area contributed by atoms with Crippen molar-refractivity contribution in [1.29, 1.82) is 0 Å². The summed E-state index contributed by atoms with van der Waals surface area (Å²) >= 11 is 5.80. The minimum absolute atomic E-state index is 0.172. The topological polar surface area (TPSA) is 12.0 Å². The van der Waals surface area contributed by atoms with Crippen LogP contribution in [0.3, 0.4) is 0 Å². The Labute approximate surface area is 96.8 Å². The Kier molecular flexibility index (Phi) is 5.25. The van der Waals surface area contributed by atoms with Gasteiger partial charge in [-0.15, -0.1) is 6.42 Å². The Bertz CT molecular complexity index is 323. The molecule has 1 unspecified atom stereocenters. The fourth-order valence-electron chi connectivity index (χ4n) is 1.38.